The van der Waals surface area contributed by atoms with Gasteiger partial charge in [-0.2, -0.15) is 5.26 Å². The van der Waals surface area contributed by atoms with Crippen LogP contribution < -0.4 is 5.73 Å². The maximum absolute atomic E-state index is 11.2. The summed E-state index contributed by atoms with van der Waals surface area (Å²) in [4.78, 5) is 11.2. The summed E-state index contributed by atoms with van der Waals surface area (Å²) < 4.78 is 0. The van der Waals surface area contributed by atoms with Crippen LogP contribution in [0.25, 0.3) is 5.57 Å². The molecular weight excluding hydrogens is 316 g/mol. The van der Waals surface area contributed by atoms with Crippen molar-refractivity contribution >= 4 is 17.2 Å². The maximum Gasteiger partial charge on any atom is 0.339 e. The lowest BCUT2D eigenvalue weighted by Gasteiger charge is -2.11. The Morgan fingerprint density at radius 2 is 1.96 bits per heavy atom. The van der Waals surface area contributed by atoms with Gasteiger partial charge in [0.1, 0.15) is 11.3 Å². The van der Waals surface area contributed by atoms with Gasteiger partial charge in [0.15, 0.2) is 0 Å². The SMILES string of the molecule is C=C(/C=C(C(=O)O)\C(O)=C/C)c1cc(N)c(C2CC2)c(C#N)c1.CC. The predicted octanol–water partition coefficient (Wildman–Crippen LogP) is 4.53. The van der Waals surface area contributed by atoms with E-state index in [1.807, 2.05) is 13.8 Å². The molecule has 0 saturated heterocycles. The average molecular weight is 340 g/mol. The molecule has 2 rings (SSSR count). The van der Waals surface area contributed by atoms with Gasteiger partial charge in [-0.05, 0) is 66.7 Å². The molecule has 5 heteroatoms. The minimum atomic E-state index is -1.26. The zero-order valence-electron chi connectivity index (χ0n) is 14.8. The van der Waals surface area contributed by atoms with Crippen LogP contribution in [0.1, 0.15) is 56.2 Å². The van der Waals surface area contributed by atoms with Gasteiger partial charge in [-0.15, -0.1) is 0 Å². The molecule has 1 aromatic rings. The number of allylic oxidation sites excluding steroid dienone is 3. The molecule has 0 atom stereocenters. The second kappa shape index (κ2) is 8.74. The third kappa shape index (κ3) is 4.74. The van der Waals surface area contributed by atoms with E-state index in [2.05, 4.69) is 12.6 Å². The number of carboxylic acid groups (broad SMARTS) is 1. The van der Waals surface area contributed by atoms with E-state index in [4.69, 9.17) is 10.8 Å². The lowest BCUT2D eigenvalue weighted by molar-refractivity contribution is -0.132. The van der Waals surface area contributed by atoms with E-state index >= 15 is 0 Å². The Labute approximate surface area is 148 Å². The zero-order valence-corrected chi connectivity index (χ0v) is 14.8. The van der Waals surface area contributed by atoms with Gasteiger partial charge in [-0.3, -0.25) is 0 Å². The Bertz CT molecular complexity index is 779. The van der Waals surface area contributed by atoms with E-state index in [1.165, 1.54) is 19.1 Å². The second-order valence-corrected chi connectivity index (χ2v) is 5.48. The van der Waals surface area contributed by atoms with Crippen LogP contribution in [0.3, 0.4) is 0 Å². The van der Waals surface area contributed by atoms with E-state index < -0.39 is 5.97 Å². The van der Waals surface area contributed by atoms with Gasteiger partial charge >= 0.3 is 5.97 Å². The summed E-state index contributed by atoms with van der Waals surface area (Å²) in [6.45, 7) is 9.36. The van der Waals surface area contributed by atoms with Gasteiger partial charge < -0.3 is 15.9 Å². The van der Waals surface area contributed by atoms with Crippen molar-refractivity contribution in [3.63, 3.8) is 0 Å². The number of aliphatic hydroxyl groups is 1. The van der Waals surface area contributed by atoms with Crippen LogP contribution in [-0.4, -0.2) is 16.2 Å². The van der Waals surface area contributed by atoms with Crippen molar-refractivity contribution in [1.29, 1.82) is 5.26 Å². The Kier molecular flexibility index (Phi) is 7.01. The van der Waals surface area contributed by atoms with Gasteiger partial charge in [0.25, 0.3) is 0 Å². The number of nitrogen functional groups attached to an aromatic ring is 1. The van der Waals surface area contributed by atoms with Crippen molar-refractivity contribution in [3.8, 4) is 6.07 Å². The summed E-state index contributed by atoms with van der Waals surface area (Å²) in [7, 11) is 0. The maximum atomic E-state index is 11.2. The molecule has 0 unspecified atom stereocenters. The Morgan fingerprint density at radius 1 is 1.36 bits per heavy atom. The predicted molar refractivity (Wildman–Crippen MR) is 100 cm³/mol. The highest BCUT2D eigenvalue weighted by atomic mass is 16.4. The first-order valence-corrected chi connectivity index (χ1v) is 8.22. The van der Waals surface area contributed by atoms with Crippen LogP contribution in [-0.2, 0) is 4.79 Å². The number of carbonyl (C=O) groups is 1. The van der Waals surface area contributed by atoms with Crippen molar-refractivity contribution in [2.75, 3.05) is 5.73 Å². The molecule has 0 amide bonds. The summed E-state index contributed by atoms with van der Waals surface area (Å²) in [5, 5.41) is 28.2. The number of aliphatic carboxylic acids is 1. The number of rotatable bonds is 5. The molecule has 0 spiro atoms. The molecule has 0 aliphatic heterocycles. The zero-order chi connectivity index (χ0) is 19.1. The molecule has 132 valence electrons. The standard InChI is InChI=1S/C18H18N2O3.C2H6/c1-3-16(21)14(18(22)23)6-10(2)12-7-13(9-19)17(11-4-5-11)15(20)8-12;1-2/h3,6-8,11,21H,2,4-5,20H2,1H3,(H,22,23);1-2H3/b14-6+,16-3+;. The van der Waals surface area contributed by atoms with Crippen molar-refractivity contribution in [1.82, 2.24) is 0 Å². The third-order valence-corrected chi connectivity index (χ3v) is 3.79. The molecule has 1 fully saturated rings. The first-order chi connectivity index (χ1) is 11.9. The monoisotopic (exact) mass is 340 g/mol. The molecule has 5 nitrogen and oxygen atoms in total. The van der Waals surface area contributed by atoms with Crippen LogP contribution in [0, 0.1) is 11.3 Å². The fourth-order valence-electron chi connectivity index (χ4n) is 2.44. The summed E-state index contributed by atoms with van der Waals surface area (Å²) >= 11 is 0. The second-order valence-electron chi connectivity index (χ2n) is 5.48. The van der Waals surface area contributed by atoms with Crippen molar-refractivity contribution < 1.29 is 15.0 Å². The van der Waals surface area contributed by atoms with Crippen LogP contribution in [0.2, 0.25) is 0 Å². The quantitative estimate of drug-likeness (QED) is 0.316. The number of hydrogen-bond acceptors (Lipinski definition) is 4. The van der Waals surface area contributed by atoms with Crippen molar-refractivity contribution in [2.24, 2.45) is 0 Å². The topological polar surface area (TPSA) is 107 Å². The molecule has 1 saturated carbocycles. The van der Waals surface area contributed by atoms with Gasteiger partial charge in [0.05, 0.1) is 11.6 Å². The fourth-order valence-corrected chi connectivity index (χ4v) is 2.44. The van der Waals surface area contributed by atoms with E-state index in [1.54, 1.807) is 12.1 Å². The van der Waals surface area contributed by atoms with E-state index in [0.717, 1.165) is 18.4 Å². The number of hydrogen-bond donors (Lipinski definition) is 3. The molecule has 0 heterocycles. The molecule has 0 aromatic heterocycles. The molecule has 25 heavy (non-hydrogen) atoms. The summed E-state index contributed by atoms with van der Waals surface area (Å²) in [5.41, 5.74) is 8.59. The molecular formula is C20H24N2O3. The normalized spacial score (nSPS) is 14.2. The molecule has 1 aromatic carbocycles. The van der Waals surface area contributed by atoms with Gasteiger partial charge in [-0.1, -0.05) is 20.4 Å². The molecule has 0 radical (unpaired) electrons. The molecule has 0 bridgehead atoms. The van der Waals surface area contributed by atoms with Crippen LogP contribution in [0.15, 0.2) is 42.2 Å². The third-order valence-electron chi connectivity index (χ3n) is 3.79. The summed E-state index contributed by atoms with van der Waals surface area (Å²) in [5.74, 6) is -1.27. The minimum Gasteiger partial charge on any atom is -0.507 e. The number of anilines is 1. The highest BCUT2D eigenvalue weighted by Gasteiger charge is 2.28. The fraction of sp³-hybridized carbons (Fsp3) is 0.300. The van der Waals surface area contributed by atoms with E-state index in [0.29, 0.717) is 28.3 Å². The smallest absolute Gasteiger partial charge is 0.339 e. The Hall–Kier alpha value is -3.00. The number of aliphatic hydroxyl groups excluding tert-OH is 1. The molecule has 1 aliphatic rings. The van der Waals surface area contributed by atoms with Crippen LogP contribution >= 0.6 is 0 Å². The van der Waals surface area contributed by atoms with E-state index in [-0.39, 0.29) is 11.3 Å². The van der Waals surface area contributed by atoms with Gasteiger partial charge in [0.2, 0.25) is 0 Å². The number of nitrogens with zero attached hydrogens (tertiary/aromatic N) is 1. The van der Waals surface area contributed by atoms with Crippen LogP contribution in [0.4, 0.5) is 5.69 Å². The number of nitrogens with two attached hydrogens (primary N) is 1. The number of benzene rings is 1. The van der Waals surface area contributed by atoms with Gasteiger partial charge in [0, 0.05) is 5.69 Å². The minimum absolute atomic E-state index is 0.263. The van der Waals surface area contributed by atoms with Crippen molar-refractivity contribution in [2.45, 2.75) is 39.5 Å². The first-order valence-electron chi connectivity index (χ1n) is 8.22. The van der Waals surface area contributed by atoms with Crippen LogP contribution in [0.5, 0.6) is 0 Å². The lowest BCUT2D eigenvalue weighted by atomic mass is 9.95. The molecule has 4 N–H and O–H groups in total. The highest BCUT2D eigenvalue weighted by Crippen LogP contribution is 2.45. The number of carboxylic acids is 1. The first kappa shape index (κ1) is 20.0. The van der Waals surface area contributed by atoms with Crippen molar-refractivity contribution in [3.05, 3.63) is 58.9 Å². The lowest BCUT2D eigenvalue weighted by Crippen LogP contribution is -2.04. The average Bonchev–Trinajstić information content (AvgIpc) is 3.44. The highest BCUT2D eigenvalue weighted by molar-refractivity contribution is 5.95. The largest absolute Gasteiger partial charge is 0.507 e. The Balaban J connectivity index is 0.00000151. The summed E-state index contributed by atoms with van der Waals surface area (Å²) in [6, 6.07) is 5.50. The molecule has 1 aliphatic carbocycles. The summed E-state index contributed by atoms with van der Waals surface area (Å²) in [6.07, 6.45) is 4.61. The van der Waals surface area contributed by atoms with Gasteiger partial charge in [-0.25, -0.2) is 4.79 Å². The number of nitriles is 1. The Morgan fingerprint density at radius 3 is 2.40 bits per heavy atom. The van der Waals surface area contributed by atoms with E-state index in [9.17, 15) is 15.2 Å².